The van der Waals surface area contributed by atoms with E-state index in [-0.39, 0.29) is 5.91 Å². The van der Waals surface area contributed by atoms with Gasteiger partial charge in [0, 0.05) is 21.2 Å². The summed E-state index contributed by atoms with van der Waals surface area (Å²) in [6, 6.07) is 8.15. The zero-order valence-electron chi connectivity index (χ0n) is 11.3. The molecule has 1 amide bonds. The highest BCUT2D eigenvalue weighted by Gasteiger charge is 2.22. The molecule has 1 aromatic carbocycles. The van der Waals surface area contributed by atoms with Gasteiger partial charge < -0.3 is 14.8 Å². The second-order valence-electron chi connectivity index (χ2n) is 4.56. The molecule has 1 aliphatic heterocycles. The van der Waals surface area contributed by atoms with Gasteiger partial charge in [0.15, 0.2) is 6.10 Å². The molecule has 0 aromatic heterocycles. The minimum atomic E-state index is -0.464. The van der Waals surface area contributed by atoms with Gasteiger partial charge in [-0.1, -0.05) is 22.9 Å². The number of ether oxygens (including phenoxy) is 2. The van der Waals surface area contributed by atoms with Crippen molar-refractivity contribution in [2.45, 2.75) is 23.2 Å². The molecule has 1 aromatic rings. The number of carbonyl (C=O) groups excluding carboxylic acids is 1. The van der Waals surface area contributed by atoms with Crippen molar-refractivity contribution in [3.8, 4) is 0 Å². The van der Waals surface area contributed by atoms with Crippen molar-refractivity contribution in [2.24, 2.45) is 0 Å². The molecule has 20 heavy (non-hydrogen) atoms. The van der Waals surface area contributed by atoms with Crippen LogP contribution in [0.4, 0.5) is 0 Å². The number of carbonyl (C=O) groups is 1. The first-order valence-electron chi connectivity index (χ1n) is 6.54. The first-order valence-corrected chi connectivity index (χ1v) is 8.21. The van der Waals surface area contributed by atoms with E-state index in [1.54, 1.807) is 11.8 Å². The number of amides is 1. The largest absolute Gasteiger partial charge is 0.376 e. The van der Waals surface area contributed by atoms with Gasteiger partial charge in [-0.25, -0.2) is 0 Å². The lowest BCUT2D eigenvalue weighted by Gasteiger charge is -2.22. The number of hydrogen-bond donors (Lipinski definition) is 1. The average molecular weight is 360 g/mol. The summed E-state index contributed by atoms with van der Waals surface area (Å²) in [4.78, 5) is 13.1. The summed E-state index contributed by atoms with van der Waals surface area (Å²) < 4.78 is 11.6. The van der Waals surface area contributed by atoms with Gasteiger partial charge in [0.05, 0.1) is 19.8 Å². The van der Waals surface area contributed by atoms with Crippen LogP contribution in [0.15, 0.2) is 33.6 Å². The van der Waals surface area contributed by atoms with E-state index in [0.29, 0.717) is 31.6 Å². The van der Waals surface area contributed by atoms with E-state index in [1.165, 1.54) is 4.90 Å². The van der Waals surface area contributed by atoms with Gasteiger partial charge in [-0.05, 0) is 24.3 Å². The number of rotatable bonds is 5. The van der Waals surface area contributed by atoms with Crippen molar-refractivity contribution in [3.63, 3.8) is 0 Å². The fourth-order valence-corrected chi connectivity index (χ4v) is 2.97. The van der Waals surface area contributed by atoms with Crippen LogP contribution in [0.2, 0.25) is 0 Å². The molecule has 0 aliphatic carbocycles. The predicted octanol–water partition coefficient (Wildman–Crippen LogP) is 2.46. The van der Waals surface area contributed by atoms with Crippen LogP contribution >= 0.6 is 27.7 Å². The quantitative estimate of drug-likeness (QED) is 0.820. The van der Waals surface area contributed by atoms with E-state index < -0.39 is 6.10 Å². The smallest absolute Gasteiger partial charge is 0.251 e. The van der Waals surface area contributed by atoms with Gasteiger partial charge in [-0.3, -0.25) is 4.79 Å². The normalized spacial score (nSPS) is 20.4. The molecule has 110 valence electrons. The maximum absolute atomic E-state index is 11.9. The van der Waals surface area contributed by atoms with E-state index in [0.717, 1.165) is 4.47 Å². The summed E-state index contributed by atoms with van der Waals surface area (Å²) in [6.07, 6.45) is -0.464. The molecule has 0 bridgehead atoms. The maximum atomic E-state index is 11.9. The molecule has 1 N–H and O–H groups in total. The van der Waals surface area contributed by atoms with E-state index in [4.69, 9.17) is 9.47 Å². The first-order chi connectivity index (χ1) is 9.65. The van der Waals surface area contributed by atoms with Gasteiger partial charge in [-0.2, -0.15) is 0 Å². The molecular weight excluding hydrogens is 342 g/mol. The van der Waals surface area contributed by atoms with Crippen LogP contribution in [0.25, 0.3) is 0 Å². The minimum Gasteiger partial charge on any atom is -0.376 e. The molecule has 0 radical (unpaired) electrons. The Morgan fingerprint density at radius 3 is 2.85 bits per heavy atom. The second-order valence-corrected chi connectivity index (χ2v) is 6.99. The molecule has 4 nitrogen and oxygen atoms in total. The van der Waals surface area contributed by atoms with Crippen LogP contribution in [-0.4, -0.2) is 43.6 Å². The summed E-state index contributed by atoms with van der Waals surface area (Å²) in [6.45, 7) is 4.10. The summed E-state index contributed by atoms with van der Waals surface area (Å²) in [7, 11) is 0. The van der Waals surface area contributed by atoms with Crippen molar-refractivity contribution in [1.82, 2.24) is 5.32 Å². The number of nitrogens with one attached hydrogen (secondary N) is 1. The highest BCUT2D eigenvalue weighted by atomic mass is 79.9. The number of halogens is 1. The third kappa shape index (κ3) is 5.09. The minimum absolute atomic E-state index is 0.0899. The maximum Gasteiger partial charge on any atom is 0.251 e. The third-order valence-corrected chi connectivity index (χ3v) is 4.47. The summed E-state index contributed by atoms with van der Waals surface area (Å²) in [5.74, 6) is -0.0899. The van der Waals surface area contributed by atoms with Gasteiger partial charge in [0.2, 0.25) is 0 Å². The van der Waals surface area contributed by atoms with Crippen LogP contribution in [0.5, 0.6) is 0 Å². The third-order valence-electron chi connectivity index (χ3n) is 2.82. The fourth-order valence-electron chi connectivity index (χ4n) is 1.78. The standard InChI is InChI=1S/C14H18BrNO3S/c1-10(20-12-4-2-11(15)3-5-12)8-16-14(17)13-9-18-6-7-19-13/h2-5,10,13H,6-9H2,1H3,(H,16,17)/t10-,13+/m1/s1. The Bertz CT molecular complexity index is 435. The van der Waals surface area contributed by atoms with Crippen molar-refractivity contribution in [1.29, 1.82) is 0 Å². The van der Waals surface area contributed by atoms with Crippen molar-refractivity contribution in [3.05, 3.63) is 28.7 Å². The van der Waals surface area contributed by atoms with E-state index in [1.807, 2.05) is 12.1 Å². The molecular formula is C14H18BrNO3S. The van der Waals surface area contributed by atoms with E-state index in [9.17, 15) is 4.79 Å². The fraction of sp³-hybridized carbons (Fsp3) is 0.500. The molecule has 1 aliphatic rings. The molecule has 1 saturated heterocycles. The topological polar surface area (TPSA) is 47.6 Å². The summed E-state index contributed by atoms with van der Waals surface area (Å²) in [5.41, 5.74) is 0. The molecule has 2 atom stereocenters. The Balaban J connectivity index is 1.72. The zero-order valence-corrected chi connectivity index (χ0v) is 13.7. The molecule has 1 heterocycles. The first kappa shape index (κ1) is 15.8. The van der Waals surface area contributed by atoms with Crippen LogP contribution in [0, 0.1) is 0 Å². The van der Waals surface area contributed by atoms with Crippen molar-refractivity contribution >= 4 is 33.6 Å². The van der Waals surface area contributed by atoms with Gasteiger partial charge in [-0.15, -0.1) is 11.8 Å². The lowest BCUT2D eigenvalue weighted by Crippen LogP contribution is -2.44. The Kier molecular flexibility index (Phi) is 6.35. The molecule has 6 heteroatoms. The summed E-state index contributed by atoms with van der Waals surface area (Å²) >= 11 is 5.15. The van der Waals surface area contributed by atoms with E-state index >= 15 is 0 Å². The van der Waals surface area contributed by atoms with Crippen LogP contribution in [-0.2, 0) is 14.3 Å². The number of benzene rings is 1. The van der Waals surface area contributed by atoms with Crippen LogP contribution < -0.4 is 5.32 Å². The molecule has 0 spiro atoms. The van der Waals surface area contributed by atoms with Crippen molar-refractivity contribution in [2.75, 3.05) is 26.4 Å². The predicted molar refractivity (Wildman–Crippen MR) is 83.0 cm³/mol. The van der Waals surface area contributed by atoms with Gasteiger partial charge in [0.25, 0.3) is 5.91 Å². The Labute approximate surface area is 131 Å². The average Bonchev–Trinajstić information content (AvgIpc) is 2.48. The Morgan fingerprint density at radius 2 is 2.20 bits per heavy atom. The SMILES string of the molecule is C[C@H](CNC(=O)[C@@H]1COCCO1)Sc1ccc(Br)cc1. The molecule has 0 unspecified atom stereocenters. The lowest BCUT2D eigenvalue weighted by molar-refractivity contribution is -0.147. The van der Waals surface area contributed by atoms with Gasteiger partial charge >= 0.3 is 0 Å². The van der Waals surface area contributed by atoms with Crippen LogP contribution in [0.1, 0.15) is 6.92 Å². The number of hydrogen-bond acceptors (Lipinski definition) is 4. The Hall–Kier alpha value is -0.560. The van der Waals surface area contributed by atoms with Gasteiger partial charge in [0.1, 0.15) is 0 Å². The Morgan fingerprint density at radius 1 is 1.45 bits per heavy atom. The molecule has 2 rings (SSSR count). The second kappa shape index (κ2) is 8.02. The van der Waals surface area contributed by atoms with Crippen molar-refractivity contribution < 1.29 is 14.3 Å². The molecule has 1 fully saturated rings. The van der Waals surface area contributed by atoms with E-state index in [2.05, 4.69) is 40.3 Å². The highest BCUT2D eigenvalue weighted by molar-refractivity contribution is 9.10. The summed E-state index contributed by atoms with van der Waals surface area (Å²) in [5, 5.41) is 3.21. The molecule has 0 saturated carbocycles. The lowest BCUT2D eigenvalue weighted by atomic mass is 10.3. The van der Waals surface area contributed by atoms with Crippen LogP contribution in [0.3, 0.4) is 0 Å². The zero-order chi connectivity index (χ0) is 14.4. The monoisotopic (exact) mass is 359 g/mol. The highest BCUT2D eigenvalue weighted by Crippen LogP contribution is 2.24. The number of thioether (sulfide) groups is 1.